The molecule has 2 heterocycles. The highest BCUT2D eigenvalue weighted by molar-refractivity contribution is 9.10. The second-order valence-electron chi connectivity index (χ2n) is 6.63. The Morgan fingerprint density at radius 3 is 2.63 bits per heavy atom. The fraction of sp³-hybridized carbons (Fsp3) is 0.190. The van der Waals surface area contributed by atoms with Gasteiger partial charge in [-0.2, -0.15) is 0 Å². The zero-order valence-electron chi connectivity index (χ0n) is 14.4. The van der Waals surface area contributed by atoms with E-state index in [0.29, 0.717) is 22.8 Å². The van der Waals surface area contributed by atoms with Crippen molar-refractivity contribution in [3.63, 3.8) is 0 Å². The first-order chi connectivity index (χ1) is 13.0. The van der Waals surface area contributed by atoms with Crippen LogP contribution in [0.5, 0.6) is 5.75 Å². The van der Waals surface area contributed by atoms with Crippen molar-refractivity contribution in [3.05, 3.63) is 64.1 Å². The molecule has 0 aliphatic carbocycles. The number of anilines is 1. The van der Waals surface area contributed by atoms with Gasteiger partial charge in [0.25, 0.3) is 0 Å². The van der Waals surface area contributed by atoms with Crippen molar-refractivity contribution in [3.8, 4) is 28.1 Å². The average Bonchev–Trinajstić information content (AvgIpc) is 3.10. The van der Waals surface area contributed by atoms with Gasteiger partial charge < -0.3 is 15.1 Å². The largest absolute Gasteiger partial charge is 0.507 e. The van der Waals surface area contributed by atoms with Gasteiger partial charge >= 0.3 is 0 Å². The Hall–Kier alpha value is -2.08. The Bertz CT molecular complexity index is 996. The molecule has 0 spiro atoms. The molecule has 138 valence electrons. The molecule has 1 aliphatic rings. The van der Waals surface area contributed by atoms with Crippen molar-refractivity contribution in [1.29, 1.82) is 0 Å². The van der Waals surface area contributed by atoms with Crippen LogP contribution in [0.3, 0.4) is 0 Å². The molecule has 0 radical (unpaired) electrons. The third-order valence-corrected chi connectivity index (χ3v) is 5.54. The molecule has 1 unspecified atom stereocenters. The molecule has 1 aliphatic heterocycles. The predicted octanol–water partition coefficient (Wildman–Crippen LogP) is 5.11. The second kappa shape index (κ2) is 7.50. The number of β-amino-alcohol motifs (C(OH)–C–C–N with tert-alkyl or cyclic N) is 1. The van der Waals surface area contributed by atoms with E-state index in [9.17, 15) is 10.2 Å². The molecule has 27 heavy (non-hydrogen) atoms. The van der Waals surface area contributed by atoms with Crippen LogP contribution < -0.4 is 4.90 Å². The molecule has 1 fully saturated rings. The van der Waals surface area contributed by atoms with Crippen LogP contribution in [-0.4, -0.2) is 34.4 Å². The first-order valence-corrected chi connectivity index (χ1v) is 9.87. The number of nitrogens with zero attached hydrogens (tertiary/aromatic N) is 2. The number of rotatable bonds is 3. The summed E-state index contributed by atoms with van der Waals surface area (Å²) in [6, 6.07) is 16.8. The van der Waals surface area contributed by atoms with Crippen LogP contribution >= 0.6 is 27.5 Å². The molecule has 2 N–H and O–H groups in total. The van der Waals surface area contributed by atoms with Gasteiger partial charge in [-0.15, -0.1) is 0 Å². The molecule has 2 aromatic carbocycles. The molecule has 4 nitrogen and oxygen atoms in total. The minimum atomic E-state index is -0.349. The third kappa shape index (κ3) is 3.81. The van der Waals surface area contributed by atoms with Crippen LogP contribution in [-0.2, 0) is 0 Å². The lowest BCUT2D eigenvalue weighted by molar-refractivity contribution is 0.198. The van der Waals surface area contributed by atoms with Crippen molar-refractivity contribution < 1.29 is 10.2 Å². The summed E-state index contributed by atoms with van der Waals surface area (Å²) in [5, 5.41) is 20.9. The zero-order chi connectivity index (χ0) is 19.0. The maximum atomic E-state index is 10.4. The van der Waals surface area contributed by atoms with Gasteiger partial charge in [-0.05, 0) is 48.4 Å². The van der Waals surface area contributed by atoms with E-state index in [1.54, 1.807) is 12.1 Å². The Balaban J connectivity index is 1.89. The van der Waals surface area contributed by atoms with Crippen molar-refractivity contribution in [2.45, 2.75) is 12.5 Å². The average molecular weight is 446 g/mol. The Kier molecular flexibility index (Phi) is 5.08. The van der Waals surface area contributed by atoms with E-state index >= 15 is 0 Å². The quantitative estimate of drug-likeness (QED) is 0.588. The number of halogens is 2. The Labute approximate surface area is 171 Å². The highest BCUT2D eigenvalue weighted by Gasteiger charge is 2.23. The minimum Gasteiger partial charge on any atom is -0.507 e. The number of benzene rings is 2. The van der Waals surface area contributed by atoms with Crippen LogP contribution in [0.15, 0.2) is 59.1 Å². The molecular weight excluding hydrogens is 428 g/mol. The second-order valence-corrected chi connectivity index (χ2v) is 7.95. The number of aliphatic hydroxyl groups excluding tert-OH is 1. The monoisotopic (exact) mass is 444 g/mol. The summed E-state index contributed by atoms with van der Waals surface area (Å²) in [5.41, 5.74) is 3.11. The smallest absolute Gasteiger partial charge is 0.129 e. The molecule has 1 atom stereocenters. The molecule has 0 saturated carbocycles. The van der Waals surface area contributed by atoms with Gasteiger partial charge in [-0.25, -0.2) is 4.98 Å². The van der Waals surface area contributed by atoms with Crippen molar-refractivity contribution in [2.75, 3.05) is 18.0 Å². The molecule has 1 saturated heterocycles. The van der Waals surface area contributed by atoms with E-state index in [1.165, 1.54) is 0 Å². The van der Waals surface area contributed by atoms with Crippen molar-refractivity contribution in [2.24, 2.45) is 0 Å². The molecule has 1 aromatic heterocycles. The lowest BCUT2D eigenvalue weighted by atomic mass is 10.0. The first-order valence-electron chi connectivity index (χ1n) is 8.70. The van der Waals surface area contributed by atoms with Gasteiger partial charge in [0.1, 0.15) is 11.6 Å². The number of hydrogen-bond acceptors (Lipinski definition) is 4. The highest BCUT2D eigenvalue weighted by atomic mass is 79.9. The Morgan fingerprint density at radius 2 is 1.89 bits per heavy atom. The van der Waals surface area contributed by atoms with E-state index in [2.05, 4.69) is 20.8 Å². The molecule has 0 amide bonds. The van der Waals surface area contributed by atoms with Gasteiger partial charge in [0.2, 0.25) is 0 Å². The van der Waals surface area contributed by atoms with Crippen LogP contribution in [0, 0.1) is 0 Å². The number of phenols is 1. The lowest BCUT2D eigenvalue weighted by Gasteiger charge is -2.19. The third-order valence-electron chi connectivity index (χ3n) is 4.72. The van der Waals surface area contributed by atoms with Crippen molar-refractivity contribution in [1.82, 2.24) is 4.98 Å². The molecule has 6 heteroatoms. The van der Waals surface area contributed by atoms with E-state index < -0.39 is 0 Å². The van der Waals surface area contributed by atoms with Crippen LogP contribution in [0.4, 0.5) is 5.82 Å². The zero-order valence-corrected chi connectivity index (χ0v) is 16.8. The molecule has 0 bridgehead atoms. The van der Waals surface area contributed by atoms with Crippen LogP contribution in [0.1, 0.15) is 6.42 Å². The molecule has 4 rings (SSSR count). The normalized spacial score (nSPS) is 16.7. The minimum absolute atomic E-state index is 0.161. The highest BCUT2D eigenvalue weighted by Crippen LogP contribution is 2.37. The summed E-state index contributed by atoms with van der Waals surface area (Å²) in [6.07, 6.45) is 0.369. The fourth-order valence-electron chi connectivity index (χ4n) is 3.33. The summed E-state index contributed by atoms with van der Waals surface area (Å²) in [7, 11) is 0. The summed E-state index contributed by atoms with van der Waals surface area (Å²) < 4.78 is 0.860. The van der Waals surface area contributed by atoms with E-state index in [-0.39, 0.29) is 11.9 Å². The standard InChI is InChI=1S/C21H18BrClN2O2/c22-14-5-6-20(27)17(11-14)19-9-13(16-3-1-2-4-18(16)23)10-21(24-19)25-8-7-15(26)12-25/h1-6,9-11,15,26-27H,7-8,12H2. The Morgan fingerprint density at radius 1 is 1.07 bits per heavy atom. The van der Waals surface area contributed by atoms with Gasteiger partial charge in [-0.3, -0.25) is 0 Å². The SMILES string of the molecule is Oc1ccc(Br)cc1-c1cc(-c2ccccc2Cl)cc(N2CCC(O)C2)n1. The number of phenolic OH excluding ortho intramolecular Hbond substituents is 1. The summed E-state index contributed by atoms with van der Waals surface area (Å²) >= 11 is 9.88. The maximum Gasteiger partial charge on any atom is 0.129 e. The van der Waals surface area contributed by atoms with E-state index in [4.69, 9.17) is 16.6 Å². The van der Waals surface area contributed by atoms with Gasteiger partial charge in [0, 0.05) is 33.7 Å². The maximum absolute atomic E-state index is 10.4. The molecule has 3 aromatic rings. The summed E-state index contributed by atoms with van der Waals surface area (Å²) in [5.74, 6) is 0.924. The fourth-order valence-corrected chi connectivity index (χ4v) is 3.94. The number of aromatic nitrogens is 1. The summed E-state index contributed by atoms with van der Waals surface area (Å²) in [4.78, 5) is 6.83. The number of hydrogen-bond donors (Lipinski definition) is 2. The van der Waals surface area contributed by atoms with Crippen LogP contribution in [0.2, 0.25) is 5.02 Å². The van der Waals surface area contributed by atoms with E-state index in [1.807, 2.05) is 42.5 Å². The predicted molar refractivity (Wildman–Crippen MR) is 112 cm³/mol. The van der Waals surface area contributed by atoms with Gasteiger partial charge in [0.15, 0.2) is 0 Å². The number of aliphatic hydroxyl groups is 1. The van der Waals surface area contributed by atoms with E-state index in [0.717, 1.165) is 34.4 Å². The lowest BCUT2D eigenvalue weighted by Crippen LogP contribution is -2.22. The molecular formula is C21H18BrClN2O2. The first kappa shape index (κ1) is 18.3. The van der Waals surface area contributed by atoms with Crippen LogP contribution in [0.25, 0.3) is 22.4 Å². The van der Waals surface area contributed by atoms with Crippen molar-refractivity contribution >= 4 is 33.3 Å². The summed E-state index contributed by atoms with van der Waals surface area (Å²) in [6.45, 7) is 1.28. The number of aromatic hydroxyl groups is 1. The van der Waals surface area contributed by atoms with Gasteiger partial charge in [-0.1, -0.05) is 45.7 Å². The van der Waals surface area contributed by atoms with Gasteiger partial charge in [0.05, 0.1) is 11.8 Å². The number of pyridine rings is 1. The topological polar surface area (TPSA) is 56.6 Å².